The Bertz CT molecular complexity index is 1230. The van der Waals surface area contributed by atoms with Gasteiger partial charge in [0.05, 0.1) is 24.6 Å². The summed E-state index contributed by atoms with van der Waals surface area (Å²) in [6, 6.07) is 16.8. The Kier molecular flexibility index (Phi) is 7.03. The number of benzene rings is 2. The van der Waals surface area contributed by atoms with Gasteiger partial charge in [0, 0.05) is 36.0 Å². The number of carbonyl (C=O) groups is 2. The molecule has 0 aliphatic rings. The van der Waals surface area contributed by atoms with Crippen LogP contribution in [0.5, 0.6) is 5.75 Å². The predicted octanol–water partition coefficient (Wildman–Crippen LogP) is 3.01. The van der Waals surface area contributed by atoms with Crippen LogP contribution in [0.15, 0.2) is 60.7 Å². The molecule has 2 amide bonds. The van der Waals surface area contributed by atoms with Crippen LogP contribution in [0.4, 0.5) is 5.69 Å². The Balaban J connectivity index is 1.95. The van der Waals surface area contributed by atoms with Crippen molar-refractivity contribution in [3.05, 3.63) is 66.4 Å². The molecule has 8 nitrogen and oxygen atoms in total. The van der Waals surface area contributed by atoms with Crippen LogP contribution in [-0.4, -0.2) is 37.0 Å². The number of hydrogen-bond acceptors (Lipinski definition) is 6. The smallest absolute Gasteiger partial charge is 0.269 e. The van der Waals surface area contributed by atoms with Crippen LogP contribution in [0.2, 0.25) is 0 Å². The summed E-state index contributed by atoms with van der Waals surface area (Å²) in [7, 11) is 1.58. The van der Waals surface area contributed by atoms with E-state index >= 15 is 0 Å². The molecular formula is C24H23N5O3. The number of amides is 2. The summed E-state index contributed by atoms with van der Waals surface area (Å²) in [5.74, 6) is -0.231. The van der Waals surface area contributed by atoms with Crippen LogP contribution in [0.3, 0.4) is 0 Å². The lowest BCUT2D eigenvalue weighted by molar-refractivity contribution is -0.117. The zero-order chi connectivity index (χ0) is 23.1. The maximum atomic E-state index is 12.4. The number of nitriles is 1. The summed E-state index contributed by atoms with van der Waals surface area (Å²) >= 11 is 0. The van der Waals surface area contributed by atoms with Crippen molar-refractivity contribution in [1.82, 2.24) is 10.3 Å². The van der Waals surface area contributed by atoms with Gasteiger partial charge in [-0.1, -0.05) is 30.8 Å². The average molecular weight is 429 g/mol. The second kappa shape index (κ2) is 10.1. The highest BCUT2D eigenvalue weighted by molar-refractivity contribution is 5.99. The molecular weight excluding hydrogens is 406 g/mol. The van der Waals surface area contributed by atoms with Crippen molar-refractivity contribution in [2.75, 3.05) is 25.5 Å². The van der Waals surface area contributed by atoms with Crippen molar-refractivity contribution < 1.29 is 14.3 Å². The number of hydrogen-bond donors (Lipinski definition) is 3. The highest BCUT2D eigenvalue weighted by Gasteiger charge is 2.12. The summed E-state index contributed by atoms with van der Waals surface area (Å²) in [5.41, 5.74) is 7.90. The molecule has 0 spiro atoms. The van der Waals surface area contributed by atoms with E-state index in [1.807, 2.05) is 42.5 Å². The van der Waals surface area contributed by atoms with Crippen LogP contribution < -0.4 is 21.1 Å². The molecule has 0 radical (unpaired) electrons. The number of carbonyl (C=O) groups excluding carboxylic acids is 2. The maximum Gasteiger partial charge on any atom is 0.269 e. The number of fused-ring (bicyclic) bond motifs is 1. The van der Waals surface area contributed by atoms with Gasteiger partial charge in [0.25, 0.3) is 5.91 Å². The molecule has 0 saturated carbocycles. The first-order chi connectivity index (χ1) is 15.4. The fourth-order valence-corrected chi connectivity index (χ4v) is 3.16. The maximum absolute atomic E-state index is 12.4. The molecule has 8 heteroatoms. The second-order valence-electron chi connectivity index (χ2n) is 7.03. The largest absolute Gasteiger partial charge is 0.495 e. The van der Waals surface area contributed by atoms with Crippen molar-refractivity contribution in [1.29, 1.82) is 5.26 Å². The van der Waals surface area contributed by atoms with E-state index in [-0.39, 0.29) is 31.1 Å². The molecule has 1 aromatic heterocycles. The lowest BCUT2D eigenvalue weighted by Gasteiger charge is -2.15. The number of rotatable bonds is 9. The van der Waals surface area contributed by atoms with Gasteiger partial charge in [0.15, 0.2) is 0 Å². The molecule has 0 fully saturated rings. The molecule has 3 aromatic rings. The summed E-state index contributed by atoms with van der Waals surface area (Å²) in [6.07, 6.45) is 0.0614. The number of methoxy groups -OCH3 is 1. The van der Waals surface area contributed by atoms with Crippen LogP contribution in [0.25, 0.3) is 22.0 Å². The van der Waals surface area contributed by atoms with Gasteiger partial charge in [-0.3, -0.25) is 9.59 Å². The van der Waals surface area contributed by atoms with Crippen molar-refractivity contribution in [3.8, 4) is 23.1 Å². The second-order valence-corrected chi connectivity index (χ2v) is 7.03. The van der Waals surface area contributed by atoms with Gasteiger partial charge in [-0.25, -0.2) is 4.98 Å². The Morgan fingerprint density at radius 2 is 2.00 bits per heavy atom. The van der Waals surface area contributed by atoms with E-state index in [0.29, 0.717) is 17.0 Å². The quantitative estimate of drug-likeness (QED) is 0.448. The van der Waals surface area contributed by atoms with E-state index in [1.54, 1.807) is 19.2 Å². The van der Waals surface area contributed by atoms with Gasteiger partial charge in [0.1, 0.15) is 11.4 Å². The van der Waals surface area contributed by atoms with E-state index in [1.165, 1.54) is 0 Å². The van der Waals surface area contributed by atoms with Crippen LogP contribution >= 0.6 is 0 Å². The molecule has 2 aromatic carbocycles. The van der Waals surface area contributed by atoms with Gasteiger partial charge >= 0.3 is 0 Å². The molecule has 3 rings (SSSR count). The number of anilines is 1. The third-order valence-corrected chi connectivity index (χ3v) is 4.77. The molecule has 0 unspecified atom stereocenters. The fourth-order valence-electron chi connectivity index (χ4n) is 3.16. The lowest BCUT2D eigenvalue weighted by Crippen LogP contribution is -2.28. The minimum atomic E-state index is -0.485. The monoisotopic (exact) mass is 429 g/mol. The predicted molar refractivity (Wildman–Crippen MR) is 123 cm³/mol. The van der Waals surface area contributed by atoms with Gasteiger partial charge in [-0.15, -0.1) is 0 Å². The van der Waals surface area contributed by atoms with Crippen LogP contribution in [0, 0.1) is 11.3 Å². The number of aromatic nitrogens is 1. The first-order valence-electron chi connectivity index (χ1n) is 9.89. The molecule has 162 valence electrons. The number of primary amides is 1. The fraction of sp³-hybridized carbons (Fsp3) is 0.167. The normalized spacial score (nSPS) is 10.2. The number of nitrogens with zero attached hydrogens (tertiary/aromatic N) is 2. The zero-order valence-electron chi connectivity index (χ0n) is 17.6. The Labute approximate surface area is 185 Å². The number of nitrogens with two attached hydrogens (primary N) is 1. The van der Waals surface area contributed by atoms with Gasteiger partial charge in [-0.05, 0) is 29.7 Å². The topological polar surface area (TPSA) is 130 Å². The SMILES string of the molecule is C=C(C#N)CNc1c(OC)ccc2ccc(-c3cccc(C(=O)NCCC(N)=O)n3)cc12. The third kappa shape index (κ3) is 5.21. The van der Waals surface area contributed by atoms with Crippen LogP contribution in [0.1, 0.15) is 16.9 Å². The molecule has 1 heterocycles. The highest BCUT2D eigenvalue weighted by Crippen LogP contribution is 2.35. The Hall–Kier alpha value is -4.38. The van der Waals surface area contributed by atoms with Crippen molar-refractivity contribution in [3.63, 3.8) is 0 Å². The van der Waals surface area contributed by atoms with E-state index in [0.717, 1.165) is 22.0 Å². The van der Waals surface area contributed by atoms with Gasteiger partial charge in [0.2, 0.25) is 5.91 Å². The summed E-state index contributed by atoms with van der Waals surface area (Å²) < 4.78 is 5.49. The molecule has 0 aliphatic heterocycles. The number of pyridine rings is 1. The van der Waals surface area contributed by atoms with E-state index in [9.17, 15) is 9.59 Å². The molecule has 0 saturated heterocycles. The van der Waals surface area contributed by atoms with Crippen molar-refractivity contribution in [2.24, 2.45) is 5.73 Å². The number of ether oxygens (including phenoxy) is 1. The molecule has 0 atom stereocenters. The summed E-state index contributed by atoms with van der Waals surface area (Å²) in [5, 5.41) is 16.7. The van der Waals surface area contributed by atoms with E-state index in [4.69, 9.17) is 15.7 Å². The standard InChI is InChI=1S/C24H23N5O3/c1-15(13-25)14-28-23-18-12-17(7-6-16(18)8-9-21(23)32-2)19-4-3-5-20(29-19)24(31)27-11-10-22(26)30/h3-9,12,28H,1,10-11,14H2,2H3,(H2,26,30)(H,27,31). The van der Waals surface area contributed by atoms with Gasteiger partial charge < -0.3 is 21.1 Å². The van der Waals surface area contributed by atoms with E-state index in [2.05, 4.69) is 22.2 Å². The first-order valence-corrected chi connectivity index (χ1v) is 9.89. The van der Waals surface area contributed by atoms with Crippen molar-refractivity contribution >= 4 is 28.3 Å². The molecule has 0 aliphatic carbocycles. The zero-order valence-corrected chi connectivity index (χ0v) is 17.6. The lowest BCUT2D eigenvalue weighted by atomic mass is 10.0. The average Bonchev–Trinajstić information content (AvgIpc) is 2.81. The minimum absolute atomic E-state index is 0.0614. The molecule has 32 heavy (non-hydrogen) atoms. The summed E-state index contributed by atoms with van der Waals surface area (Å²) in [6.45, 7) is 4.15. The van der Waals surface area contributed by atoms with Crippen molar-refractivity contribution in [2.45, 2.75) is 6.42 Å². The molecule has 4 N–H and O–H groups in total. The Morgan fingerprint density at radius 3 is 2.72 bits per heavy atom. The highest BCUT2D eigenvalue weighted by atomic mass is 16.5. The van der Waals surface area contributed by atoms with Crippen LogP contribution in [-0.2, 0) is 4.79 Å². The molecule has 0 bridgehead atoms. The minimum Gasteiger partial charge on any atom is -0.495 e. The van der Waals surface area contributed by atoms with Gasteiger partial charge in [-0.2, -0.15) is 5.26 Å². The Morgan fingerprint density at radius 1 is 1.22 bits per heavy atom. The number of nitrogens with one attached hydrogen (secondary N) is 2. The first kappa shape index (κ1) is 22.3. The van der Waals surface area contributed by atoms with E-state index < -0.39 is 5.91 Å². The third-order valence-electron chi connectivity index (χ3n) is 4.77. The summed E-state index contributed by atoms with van der Waals surface area (Å²) in [4.78, 5) is 27.7.